The van der Waals surface area contributed by atoms with Crippen molar-refractivity contribution in [1.82, 2.24) is 0 Å². The molecule has 148 valence electrons. The van der Waals surface area contributed by atoms with Crippen LogP contribution in [0.25, 0.3) is 12.2 Å². The third-order valence-electron chi connectivity index (χ3n) is 3.68. The minimum absolute atomic E-state index is 0. The lowest BCUT2D eigenvalue weighted by Crippen LogP contribution is -2.01. The maximum absolute atomic E-state index is 11.9. The first kappa shape index (κ1) is 22.5. The Morgan fingerprint density at radius 1 is 0.821 bits per heavy atom. The first-order valence-electron chi connectivity index (χ1n) is 8.08. The van der Waals surface area contributed by atoms with E-state index in [2.05, 4.69) is 0 Å². The molecule has 0 saturated heterocycles. The zero-order valence-corrected chi connectivity index (χ0v) is 15.0. The molecule has 0 amide bonds. The van der Waals surface area contributed by atoms with Gasteiger partial charge in [0.2, 0.25) is 0 Å². The number of hydrogen-bond donors (Lipinski definition) is 2. The molecule has 0 aromatic heterocycles. The highest BCUT2D eigenvalue weighted by atomic mass is 16.5. The van der Waals surface area contributed by atoms with Crippen LogP contribution in [0.3, 0.4) is 0 Å². The van der Waals surface area contributed by atoms with E-state index in [4.69, 9.17) is 9.47 Å². The van der Waals surface area contributed by atoms with Gasteiger partial charge in [0, 0.05) is 0 Å². The minimum Gasteiger partial charge on any atom is -0.504 e. The van der Waals surface area contributed by atoms with Crippen LogP contribution in [-0.2, 0) is 9.59 Å². The summed E-state index contributed by atoms with van der Waals surface area (Å²) in [6.07, 6.45) is 5.44. The van der Waals surface area contributed by atoms with Gasteiger partial charge in [-0.15, -0.1) is 0 Å². The zero-order chi connectivity index (χ0) is 19.8. The maximum Gasteiger partial charge on any atom is 0.163 e. The molecule has 0 aliphatic carbocycles. The Morgan fingerprint density at radius 2 is 1.21 bits per heavy atom. The molecule has 0 atom stereocenters. The summed E-state index contributed by atoms with van der Waals surface area (Å²) in [7, 11) is 2.87. The lowest BCUT2D eigenvalue weighted by molar-refractivity contribution is -0.121. The molecule has 0 aliphatic rings. The first-order valence-corrected chi connectivity index (χ1v) is 8.08. The van der Waals surface area contributed by atoms with Crippen LogP contribution in [0, 0.1) is 0 Å². The lowest BCUT2D eigenvalue weighted by atomic mass is 10.1. The molecule has 2 N–H and O–H groups in total. The van der Waals surface area contributed by atoms with Gasteiger partial charge in [0.05, 0.1) is 20.6 Å². The van der Waals surface area contributed by atoms with E-state index in [0.717, 1.165) is 0 Å². The topological polar surface area (TPSA) is 93.1 Å². The Kier molecular flexibility index (Phi) is 8.49. The summed E-state index contributed by atoms with van der Waals surface area (Å²) in [4.78, 5) is 23.9. The average Bonchev–Trinajstić information content (AvgIpc) is 2.66. The number of phenols is 2. The average molecular weight is 384 g/mol. The van der Waals surface area contributed by atoms with Gasteiger partial charge >= 0.3 is 0 Å². The van der Waals surface area contributed by atoms with Crippen LogP contribution in [0.2, 0.25) is 0 Å². The molecule has 0 aliphatic heterocycles. The normalized spacial score (nSPS) is 10.6. The molecule has 0 spiro atoms. The maximum atomic E-state index is 11.9. The number of benzene rings is 2. The van der Waals surface area contributed by atoms with Gasteiger partial charge in [-0.3, -0.25) is 9.59 Å². The standard InChI is InChI=1S/C21H20O6.CH4/c1-26-20-11-14(5-9-18(20)24)3-7-16(22)13-17(23)8-4-15-6-10-19(25)21(12-15)27-2;/h3-12,24-25H,13H2,1-2H3;1H4/b7-3+,8-4+;. The number of carbonyl (C=O) groups is 2. The third kappa shape index (κ3) is 6.32. The predicted octanol–water partition coefficient (Wildman–Crippen LogP) is 4.01. The van der Waals surface area contributed by atoms with Crippen molar-refractivity contribution < 1.29 is 29.3 Å². The van der Waals surface area contributed by atoms with Crippen LogP contribution in [0.4, 0.5) is 0 Å². The summed E-state index contributed by atoms with van der Waals surface area (Å²) >= 11 is 0. The zero-order valence-electron chi connectivity index (χ0n) is 15.0. The summed E-state index contributed by atoms with van der Waals surface area (Å²) in [5, 5.41) is 19.1. The van der Waals surface area contributed by atoms with E-state index in [1.165, 1.54) is 38.5 Å². The second-order valence-electron chi connectivity index (χ2n) is 5.64. The summed E-state index contributed by atoms with van der Waals surface area (Å²) in [6, 6.07) is 9.34. The molecule has 0 unspecified atom stereocenters. The molecular weight excluding hydrogens is 360 g/mol. The minimum atomic E-state index is -0.347. The fourth-order valence-electron chi connectivity index (χ4n) is 2.26. The molecule has 2 aromatic rings. The van der Waals surface area contributed by atoms with Gasteiger partial charge < -0.3 is 19.7 Å². The van der Waals surface area contributed by atoms with Crippen molar-refractivity contribution in [3.8, 4) is 23.0 Å². The van der Waals surface area contributed by atoms with Crippen molar-refractivity contribution in [2.75, 3.05) is 14.2 Å². The summed E-state index contributed by atoms with van der Waals surface area (Å²) in [6.45, 7) is 0. The van der Waals surface area contributed by atoms with E-state index in [0.29, 0.717) is 22.6 Å². The number of methoxy groups -OCH3 is 2. The second kappa shape index (κ2) is 10.6. The van der Waals surface area contributed by atoms with E-state index >= 15 is 0 Å². The van der Waals surface area contributed by atoms with Gasteiger partial charge in [-0.25, -0.2) is 0 Å². The third-order valence-corrected chi connectivity index (χ3v) is 3.68. The van der Waals surface area contributed by atoms with Crippen LogP contribution in [0.15, 0.2) is 48.6 Å². The van der Waals surface area contributed by atoms with Gasteiger partial charge in [0.1, 0.15) is 0 Å². The molecule has 2 aromatic carbocycles. The molecule has 0 saturated carbocycles. The fourth-order valence-corrected chi connectivity index (χ4v) is 2.26. The fraction of sp³-hybridized carbons (Fsp3) is 0.182. The molecule has 0 bridgehead atoms. The van der Waals surface area contributed by atoms with Crippen molar-refractivity contribution in [3.63, 3.8) is 0 Å². The molecule has 2 rings (SSSR count). The smallest absolute Gasteiger partial charge is 0.163 e. The number of ether oxygens (including phenoxy) is 2. The number of rotatable bonds is 8. The number of carbonyl (C=O) groups excluding carboxylic acids is 2. The van der Waals surface area contributed by atoms with Crippen LogP contribution in [0.5, 0.6) is 23.0 Å². The molecule has 6 heteroatoms. The van der Waals surface area contributed by atoms with E-state index < -0.39 is 0 Å². The highest BCUT2D eigenvalue weighted by molar-refractivity contribution is 6.10. The Labute approximate surface area is 164 Å². The van der Waals surface area contributed by atoms with Crippen LogP contribution in [0.1, 0.15) is 25.0 Å². The Hall–Kier alpha value is -3.54. The van der Waals surface area contributed by atoms with Crippen molar-refractivity contribution in [2.45, 2.75) is 13.8 Å². The molecule has 0 heterocycles. The summed E-state index contributed by atoms with van der Waals surface area (Å²) in [5.41, 5.74) is 1.33. The second-order valence-corrected chi connectivity index (χ2v) is 5.64. The van der Waals surface area contributed by atoms with Gasteiger partial charge in [-0.05, 0) is 47.5 Å². The summed E-state index contributed by atoms with van der Waals surface area (Å²) in [5.74, 6) is -0.0832. The molecule has 6 nitrogen and oxygen atoms in total. The predicted molar refractivity (Wildman–Crippen MR) is 109 cm³/mol. The number of aromatic hydroxyl groups is 2. The number of hydrogen-bond acceptors (Lipinski definition) is 6. The van der Waals surface area contributed by atoms with E-state index in [1.807, 2.05) is 0 Å². The molecule has 28 heavy (non-hydrogen) atoms. The number of ketones is 2. The Balaban J connectivity index is 0.00000392. The first-order chi connectivity index (χ1) is 12.9. The van der Waals surface area contributed by atoms with Gasteiger partial charge in [-0.1, -0.05) is 31.7 Å². The highest BCUT2D eigenvalue weighted by Gasteiger charge is 2.06. The number of allylic oxidation sites excluding steroid dienone is 2. The van der Waals surface area contributed by atoms with Crippen molar-refractivity contribution in [2.24, 2.45) is 0 Å². The van der Waals surface area contributed by atoms with Crippen molar-refractivity contribution >= 4 is 23.7 Å². The SMILES string of the molecule is C.COc1cc(/C=C/C(=O)CC(=O)/C=C/c2ccc(O)c(OC)c2)ccc1O. The van der Waals surface area contributed by atoms with Crippen LogP contribution >= 0.6 is 0 Å². The Bertz CT molecular complexity index is 822. The van der Waals surface area contributed by atoms with Crippen LogP contribution in [-0.4, -0.2) is 36.0 Å². The molecule has 0 fully saturated rings. The van der Waals surface area contributed by atoms with E-state index in [1.54, 1.807) is 36.4 Å². The van der Waals surface area contributed by atoms with Crippen molar-refractivity contribution in [1.29, 1.82) is 0 Å². The quantitative estimate of drug-likeness (QED) is 0.528. The highest BCUT2D eigenvalue weighted by Crippen LogP contribution is 2.27. The molecular formula is C22H24O6. The van der Waals surface area contributed by atoms with Gasteiger partial charge in [0.15, 0.2) is 34.6 Å². The lowest BCUT2D eigenvalue weighted by Gasteiger charge is -2.03. The van der Waals surface area contributed by atoms with E-state index in [-0.39, 0.29) is 36.9 Å². The largest absolute Gasteiger partial charge is 0.504 e. The van der Waals surface area contributed by atoms with Gasteiger partial charge in [-0.2, -0.15) is 0 Å². The number of phenolic OH excluding ortho intramolecular Hbond substituents is 2. The van der Waals surface area contributed by atoms with Gasteiger partial charge in [0.25, 0.3) is 0 Å². The van der Waals surface area contributed by atoms with Crippen molar-refractivity contribution in [3.05, 3.63) is 59.7 Å². The Morgan fingerprint density at radius 3 is 1.57 bits per heavy atom. The summed E-state index contributed by atoms with van der Waals surface area (Å²) < 4.78 is 10.00. The van der Waals surface area contributed by atoms with E-state index in [9.17, 15) is 19.8 Å². The van der Waals surface area contributed by atoms with Crippen LogP contribution < -0.4 is 9.47 Å². The monoisotopic (exact) mass is 384 g/mol. The molecule has 0 radical (unpaired) electrons.